The first-order chi connectivity index (χ1) is 9.15. The van der Waals surface area contributed by atoms with Gasteiger partial charge >= 0.3 is 0 Å². The average molecular weight is 288 g/mol. The van der Waals surface area contributed by atoms with Crippen LogP contribution in [0.2, 0.25) is 5.02 Å². The standard InChI is InChI=1S/C15H23ClFNO/c1-3-4-9-19-10-5-8-18-12(2)13-6-7-15(17)14(16)11-13/h6-7,11-12,18H,3-5,8-10H2,1-2H3. The van der Waals surface area contributed by atoms with Crippen molar-refractivity contribution in [1.29, 1.82) is 0 Å². The van der Waals surface area contributed by atoms with Gasteiger partial charge in [-0.25, -0.2) is 4.39 Å². The molecule has 1 aromatic rings. The Morgan fingerprint density at radius 1 is 1.32 bits per heavy atom. The Kier molecular flexibility index (Phi) is 8.03. The fourth-order valence-electron chi connectivity index (χ4n) is 1.74. The molecule has 0 fully saturated rings. The summed E-state index contributed by atoms with van der Waals surface area (Å²) in [6, 6.07) is 5.00. The van der Waals surface area contributed by atoms with Gasteiger partial charge in [0.05, 0.1) is 5.02 Å². The number of hydrogen-bond acceptors (Lipinski definition) is 2. The number of halogens is 2. The number of ether oxygens (including phenoxy) is 1. The first-order valence-electron chi connectivity index (χ1n) is 6.91. The second-order valence-electron chi connectivity index (χ2n) is 4.67. The highest BCUT2D eigenvalue weighted by Crippen LogP contribution is 2.20. The Labute approximate surface area is 120 Å². The van der Waals surface area contributed by atoms with E-state index in [0.717, 1.165) is 38.2 Å². The van der Waals surface area contributed by atoms with Crippen LogP contribution in [-0.2, 0) is 4.74 Å². The molecule has 0 aliphatic carbocycles. The SMILES string of the molecule is CCCCOCCCNC(C)c1ccc(F)c(Cl)c1. The van der Waals surface area contributed by atoms with Crippen LogP contribution < -0.4 is 5.32 Å². The van der Waals surface area contributed by atoms with Gasteiger partial charge in [0.25, 0.3) is 0 Å². The lowest BCUT2D eigenvalue weighted by Crippen LogP contribution is -2.21. The second kappa shape index (κ2) is 9.29. The largest absolute Gasteiger partial charge is 0.381 e. The van der Waals surface area contributed by atoms with Gasteiger partial charge in [-0.2, -0.15) is 0 Å². The van der Waals surface area contributed by atoms with Crippen molar-refractivity contribution >= 4 is 11.6 Å². The van der Waals surface area contributed by atoms with Gasteiger partial charge in [-0.15, -0.1) is 0 Å². The van der Waals surface area contributed by atoms with Gasteiger partial charge in [0.2, 0.25) is 0 Å². The van der Waals surface area contributed by atoms with Crippen molar-refractivity contribution in [2.24, 2.45) is 0 Å². The van der Waals surface area contributed by atoms with Gasteiger partial charge in [-0.3, -0.25) is 0 Å². The Morgan fingerprint density at radius 2 is 2.05 bits per heavy atom. The van der Waals surface area contributed by atoms with E-state index in [2.05, 4.69) is 12.2 Å². The Morgan fingerprint density at radius 3 is 2.74 bits per heavy atom. The molecule has 2 nitrogen and oxygen atoms in total. The van der Waals surface area contributed by atoms with E-state index in [1.807, 2.05) is 6.92 Å². The first-order valence-corrected chi connectivity index (χ1v) is 7.29. The van der Waals surface area contributed by atoms with Crippen molar-refractivity contribution in [3.63, 3.8) is 0 Å². The van der Waals surface area contributed by atoms with Crippen LogP contribution in [0.4, 0.5) is 4.39 Å². The lowest BCUT2D eigenvalue weighted by atomic mass is 10.1. The molecular weight excluding hydrogens is 265 g/mol. The fourth-order valence-corrected chi connectivity index (χ4v) is 1.93. The summed E-state index contributed by atoms with van der Waals surface area (Å²) in [5, 5.41) is 3.55. The fraction of sp³-hybridized carbons (Fsp3) is 0.600. The summed E-state index contributed by atoms with van der Waals surface area (Å²) in [5.41, 5.74) is 0.998. The van der Waals surface area contributed by atoms with Gasteiger partial charge in [-0.1, -0.05) is 31.0 Å². The minimum absolute atomic E-state index is 0.161. The molecule has 0 aliphatic heterocycles. The first kappa shape index (κ1) is 16.4. The van der Waals surface area contributed by atoms with Crippen LogP contribution in [0, 0.1) is 5.82 Å². The van der Waals surface area contributed by atoms with E-state index < -0.39 is 0 Å². The Balaban J connectivity index is 2.20. The van der Waals surface area contributed by atoms with Crippen molar-refractivity contribution in [1.82, 2.24) is 5.32 Å². The molecule has 0 heterocycles. The highest BCUT2D eigenvalue weighted by molar-refractivity contribution is 6.30. The average Bonchev–Trinajstić information content (AvgIpc) is 2.40. The van der Waals surface area contributed by atoms with Crippen molar-refractivity contribution in [2.45, 2.75) is 39.2 Å². The molecule has 0 amide bonds. The smallest absolute Gasteiger partial charge is 0.141 e. The van der Waals surface area contributed by atoms with E-state index in [-0.39, 0.29) is 16.9 Å². The van der Waals surface area contributed by atoms with E-state index >= 15 is 0 Å². The molecule has 0 aromatic heterocycles. The lowest BCUT2D eigenvalue weighted by Gasteiger charge is -2.14. The van der Waals surface area contributed by atoms with Gasteiger partial charge in [0, 0.05) is 19.3 Å². The van der Waals surface area contributed by atoms with E-state index in [4.69, 9.17) is 16.3 Å². The molecular formula is C15H23ClFNO. The van der Waals surface area contributed by atoms with Gasteiger partial charge < -0.3 is 10.1 Å². The van der Waals surface area contributed by atoms with Crippen molar-refractivity contribution < 1.29 is 9.13 Å². The molecule has 0 radical (unpaired) electrons. The number of benzene rings is 1. The van der Waals surface area contributed by atoms with Gasteiger partial charge in [-0.05, 0) is 44.0 Å². The number of rotatable bonds is 9. The molecule has 0 bridgehead atoms. The topological polar surface area (TPSA) is 21.3 Å². The Hall–Kier alpha value is -0.640. The molecule has 1 N–H and O–H groups in total. The molecule has 4 heteroatoms. The van der Waals surface area contributed by atoms with Gasteiger partial charge in [0.1, 0.15) is 5.82 Å². The van der Waals surface area contributed by atoms with Crippen LogP contribution in [0.1, 0.15) is 44.7 Å². The third-order valence-electron chi connectivity index (χ3n) is 3.00. The molecule has 0 aliphatic rings. The lowest BCUT2D eigenvalue weighted by molar-refractivity contribution is 0.128. The summed E-state index contributed by atoms with van der Waals surface area (Å²) in [4.78, 5) is 0. The monoisotopic (exact) mass is 287 g/mol. The molecule has 0 spiro atoms. The Bertz CT molecular complexity index is 373. The molecule has 19 heavy (non-hydrogen) atoms. The van der Waals surface area contributed by atoms with Crippen molar-refractivity contribution in [2.75, 3.05) is 19.8 Å². The van der Waals surface area contributed by atoms with Crippen LogP contribution in [0.15, 0.2) is 18.2 Å². The maximum Gasteiger partial charge on any atom is 0.141 e. The maximum atomic E-state index is 13.0. The summed E-state index contributed by atoms with van der Waals surface area (Å²) in [6.07, 6.45) is 3.27. The molecule has 108 valence electrons. The van der Waals surface area contributed by atoms with E-state index in [9.17, 15) is 4.39 Å². The summed E-state index contributed by atoms with van der Waals surface area (Å²) < 4.78 is 18.5. The zero-order valence-electron chi connectivity index (χ0n) is 11.7. The number of hydrogen-bond donors (Lipinski definition) is 1. The number of unbranched alkanes of at least 4 members (excludes halogenated alkanes) is 1. The van der Waals surface area contributed by atoms with Crippen LogP contribution in [-0.4, -0.2) is 19.8 Å². The van der Waals surface area contributed by atoms with Crippen LogP contribution in [0.3, 0.4) is 0 Å². The zero-order valence-corrected chi connectivity index (χ0v) is 12.5. The summed E-state index contributed by atoms with van der Waals surface area (Å²) in [6.45, 7) is 6.70. The summed E-state index contributed by atoms with van der Waals surface area (Å²) in [7, 11) is 0. The van der Waals surface area contributed by atoms with Gasteiger partial charge in [0.15, 0.2) is 0 Å². The zero-order chi connectivity index (χ0) is 14.1. The maximum absolute atomic E-state index is 13.0. The molecule has 1 aromatic carbocycles. The highest BCUT2D eigenvalue weighted by Gasteiger charge is 2.07. The quantitative estimate of drug-likeness (QED) is 0.682. The predicted octanol–water partition coefficient (Wildman–Crippen LogP) is 4.34. The minimum atomic E-state index is -0.373. The minimum Gasteiger partial charge on any atom is -0.381 e. The molecule has 1 rings (SSSR count). The van der Waals surface area contributed by atoms with Crippen LogP contribution in [0.25, 0.3) is 0 Å². The predicted molar refractivity (Wildman–Crippen MR) is 78.2 cm³/mol. The van der Waals surface area contributed by atoms with Crippen LogP contribution >= 0.6 is 11.6 Å². The van der Waals surface area contributed by atoms with Crippen LogP contribution in [0.5, 0.6) is 0 Å². The van der Waals surface area contributed by atoms with E-state index in [0.29, 0.717) is 0 Å². The third-order valence-corrected chi connectivity index (χ3v) is 3.29. The third kappa shape index (κ3) is 6.37. The number of nitrogens with one attached hydrogen (secondary N) is 1. The molecule has 1 unspecified atom stereocenters. The molecule has 0 saturated carbocycles. The normalized spacial score (nSPS) is 12.6. The summed E-state index contributed by atoms with van der Waals surface area (Å²) in [5.74, 6) is -0.373. The summed E-state index contributed by atoms with van der Waals surface area (Å²) >= 11 is 5.77. The van der Waals surface area contributed by atoms with E-state index in [1.54, 1.807) is 12.1 Å². The molecule has 1 atom stereocenters. The second-order valence-corrected chi connectivity index (χ2v) is 5.08. The van der Waals surface area contributed by atoms with E-state index in [1.165, 1.54) is 12.5 Å². The van der Waals surface area contributed by atoms with Crippen molar-refractivity contribution in [3.8, 4) is 0 Å². The highest BCUT2D eigenvalue weighted by atomic mass is 35.5. The van der Waals surface area contributed by atoms with Crippen molar-refractivity contribution in [3.05, 3.63) is 34.6 Å². The molecule has 0 saturated heterocycles.